The molecule has 0 aliphatic heterocycles. The van der Waals surface area contributed by atoms with Gasteiger partial charge < -0.3 is 4.74 Å². The highest BCUT2D eigenvalue weighted by molar-refractivity contribution is 6.04. The highest BCUT2D eigenvalue weighted by Gasteiger charge is 2.39. The smallest absolute Gasteiger partial charge is 0.194 e. The van der Waals surface area contributed by atoms with Crippen LogP contribution in [0.2, 0.25) is 0 Å². The van der Waals surface area contributed by atoms with Gasteiger partial charge in [-0.2, -0.15) is 0 Å². The van der Waals surface area contributed by atoms with Crippen LogP contribution >= 0.6 is 0 Å². The molecule has 0 radical (unpaired) electrons. The molecule has 0 bridgehead atoms. The monoisotopic (exact) mass is 269 g/mol. The van der Waals surface area contributed by atoms with E-state index in [-0.39, 0.29) is 5.78 Å². The van der Waals surface area contributed by atoms with E-state index in [0.717, 1.165) is 42.1 Å². The quantitative estimate of drug-likeness (QED) is 0.796. The van der Waals surface area contributed by atoms with Crippen LogP contribution in [0.5, 0.6) is 0 Å². The fraction of sp³-hybridized carbons (Fsp3) is 0.412. The second-order valence-electron chi connectivity index (χ2n) is 5.50. The summed E-state index contributed by atoms with van der Waals surface area (Å²) in [5.41, 5.74) is 1.03. The molecule has 0 atom stereocenters. The Morgan fingerprint density at radius 1 is 1.20 bits per heavy atom. The number of methoxy groups -OCH3 is 1. The number of ether oxygens (including phenoxy) is 1. The van der Waals surface area contributed by atoms with Gasteiger partial charge >= 0.3 is 0 Å². The number of hydrogen-bond acceptors (Lipinski definition) is 3. The Kier molecular flexibility index (Phi) is 3.53. The zero-order valence-corrected chi connectivity index (χ0v) is 11.8. The van der Waals surface area contributed by atoms with Gasteiger partial charge in [-0.05, 0) is 37.1 Å². The van der Waals surface area contributed by atoms with Crippen LogP contribution in [-0.4, -0.2) is 23.5 Å². The summed E-state index contributed by atoms with van der Waals surface area (Å²) in [4.78, 5) is 17.1. The molecule has 104 valence electrons. The van der Waals surface area contributed by atoms with E-state index in [0.29, 0.717) is 0 Å². The third-order valence-electron chi connectivity index (χ3n) is 4.33. The summed E-state index contributed by atoms with van der Waals surface area (Å²) < 4.78 is 5.64. The molecule has 3 rings (SSSR count). The Balaban J connectivity index is 1.98. The zero-order valence-electron chi connectivity index (χ0n) is 11.8. The first-order valence-electron chi connectivity index (χ1n) is 7.20. The molecule has 0 N–H and O–H groups in total. The number of carbonyl (C=O) groups is 1. The lowest BCUT2D eigenvalue weighted by Gasteiger charge is -2.34. The number of ketones is 1. The standard InChI is InChI=1S/C17H19NO2/c1-20-17(9-3-2-4-10-17)16(19)14-7-8-15-13(12-14)6-5-11-18-15/h5-8,11-12H,2-4,9-10H2,1H3. The molecule has 1 aromatic heterocycles. The van der Waals surface area contributed by atoms with Gasteiger partial charge in [0.2, 0.25) is 0 Å². The predicted molar refractivity (Wildman–Crippen MR) is 78.9 cm³/mol. The highest BCUT2D eigenvalue weighted by atomic mass is 16.5. The van der Waals surface area contributed by atoms with Crippen molar-refractivity contribution in [3.05, 3.63) is 42.1 Å². The van der Waals surface area contributed by atoms with Gasteiger partial charge in [0.1, 0.15) is 5.60 Å². The van der Waals surface area contributed by atoms with Gasteiger partial charge in [0, 0.05) is 24.3 Å². The minimum atomic E-state index is -0.617. The van der Waals surface area contributed by atoms with Crippen molar-refractivity contribution in [3.8, 4) is 0 Å². The lowest BCUT2D eigenvalue weighted by Crippen LogP contribution is -2.42. The number of rotatable bonds is 3. The maximum absolute atomic E-state index is 12.9. The van der Waals surface area contributed by atoms with Crippen LogP contribution < -0.4 is 0 Å². The third kappa shape index (κ3) is 2.22. The maximum atomic E-state index is 12.9. The molecular weight excluding hydrogens is 250 g/mol. The van der Waals surface area contributed by atoms with E-state index >= 15 is 0 Å². The number of fused-ring (bicyclic) bond motifs is 1. The summed E-state index contributed by atoms with van der Waals surface area (Å²) in [6, 6.07) is 9.59. The van der Waals surface area contributed by atoms with E-state index in [1.165, 1.54) is 6.42 Å². The van der Waals surface area contributed by atoms with Gasteiger partial charge in [-0.3, -0.25) is 9.78 Å². The molecule has 3 heteroatoms. The van der Waals surface area contributed by atoms with Crippen molar-refractivity contribution in [3.63, 3.8) is 0 Å². The second-order valence-corrected chi connectivity index (χ2v) is 5.50. The number of pyridine rings is 1. The van der Waals surface area contributed by atoms with Crippen molar-refractivity contribution in [1.29, 1.82) is 0 Å². The molecule has 1 aliphatic carbocycles. The molecule has 0 unspecified atom stereocenters. The van der Waals surface area contributed by atoms with Crippen LogP contribution in [0, 0.1) is 0 Å². The van der Waals surface area contributed by atoms with Crippen molar-refractivity contribution < 1.29 is 9.53 Å². The maximum Gasteiger partial charge on any atom is 0.194 e. The molecular formula is C17H19NO2. The van der Waals surface area contributed by atoms with Crippen LogP contribution in [0.25, 0.3) is 10.9 Å². The Hall–Kier alpha value is -1.74. The summed E-state index contributed by atoms with van der Waals surface area (Å²) in [5.74, 6) is 0.116. The predicted octanol–water partition coefficient (Wildman–Crippen LogP) is 3.77. The Morgan fingerprint density at radius 3 is 2.75 bits per heavy atom. The topological polar surface area (TPSA) is 39.2 Å². The van der Waals surface area contributed by atoms with Crippen molar-refractivity contribution in [2.75, 3.05) is 7.11 Å². The van der Waals surface area contributed by atoms with Gasteiger partial charge in [-0.15, -0.1) is 0 Å². The van der Waals surface area contributed by atoms with Gasteiger partial charge in [0.15, 0.2) is 5.78 Å². The van der Waals surface area contributed by atoms with E-state index in [9.17, 15) is 4.79 Å². The van der Waals surface area contributed by atoms with E-state index in [2.05, 4.69) is 4.98 Å². The number of nitrogens with zero attached hydrogens (tertiary/aromatic N) is 1. The lowest BCUT2D eigenvalue weighted by molar-refractivity contribution is -0.0194. The molecule has 1 fully saturated rings. The number of benzene rings is 1. The van der Waals surface area contributed by atoms with Crippen molar-refractivity contribution >= 4 is 16.7 Å². The van der Waals surface area contributed by atoms with E-state index in [1.54, 1.807) is 13.3 Å². The number of hydrogen-bond donors (Lipinski definition) is 0. The summed E-state index contributed by atoms with van der Waals surface area (Å²) in [7, 11) is 1.66. The Labute approximate surface area is 119 Å². The lowest BCUT2D eigenvalue weighted by atomic mass is 9.79. The van der Waals surface area contributed by atoms with Crippen LogP contribution in [0.15, 0.2) is 36.5 Å². The van der Waals surface area contributed by atoms with E-state index < -0.39 is 5.60 Å². The molecule has 1 aromatic carbocycles. The number of carbonyl (C=O) groups excluding carboxylic acids is 1. The van der Waals surface area contributed by atoms with Gasteiger partial charge in [-0.1, -0.05) is 25.3 Å². The van der Waals surface area contributed by atoms with Crippen LogP contribution in [0.3, 0.4) is 0 Å². The molecule has 0 amide bonds. The largest absolute Gasteiger partial charge is 0.370 e. The normalized spacial score (nSPS) is 18.1. The molecule has 1 aliphatic rings. The van der Waals surface area contributed by atoms with Crippen molar-refractivity contribution in [1.82, 2.24) is 4.98 Å². The van der Waals surface area contributed by atoms with Crippen molar-refractivity contribution in [2.45, 2.75) is 37.7 Å². The van der Waals surface area contributed by atoms with Crippen LogP contribution in [0.4, 0.5) is 0 Å². The highest BCUT2D eigenvalue weighted by Crippen LogP contribution is 2.34. The van der Waals surface area contributed by atoms with E-state index in [1.807, 2.05) is 30.3 Å². The summed E-state index contributed by atoms with van der Waals surface area (Å²) in [6.07, 6.45) is 6.74. The zero-order chi connectivity index (χ0) is 14.0. The first-order valence-corrected chi connectivity index (χ1v) is 7.20. The van der Waals surface area contributed by atoms with Gasteiger partial charge in [-0.25, -0.2) is 0 Å². The van der Waals surface area contributed by atoms with Gasteiger partial charge in [0.05, 0.1) is 5.52 Å². The molecule has 1 saturated carbocycles. The molecule has 1 heterocycles. The fourth-order valence-electron chi connectivity index (χ4n) is 3.13. The summed E-state index contributed by atoms with van der Waals surface area (Å²) in [6.45, 7) is 0. The number of Topliss-reactive ketones (excluding diaryl/α,β-unsaturated/α-hetero) is 1. The minimum absolute atomic E-state index is 0.116. The SMILES string of the molecule is COC1(C(=O)c2ccc3ncccc3c2)CCCCC1. The molecule has 20 heavy (non-hydrogen) atoms. The minimum Gasteiger partial charge on any atom is -0.370 e. The van der Waals surface area contributed by atoms with Crippen molar-refractivity contribution in [2.24, 2.45) is 0 Å². The van der Waals surface area contributed by atoms with Crippen LogP contribution in [-0.2, 0) is 4.74 Å². The Morgan fingerprint density at radius 2 is 2.00 bits per heavy atom. The first kappa shape index (κ1) is 13.3. The molecule has 3 nitrogen and oxygen atoms in total. The number of aromatic nitrogens is 1. The third-order valence-corrected chi connectivity index (χ3v) is 4.33. The molecule has 2 aromatic rings. The van der Waals surface area contributed by atoms with Gasteiger partial charge in [0.25, 0.3) is 0 Å². The average Bonchev–Trinajstić information content (AvgIpc) is 2.54. The second kappa shape index (κ2) is 5.33. The average molecular weight is 269 g/mol. The fourth-order valence-corrected chi connectivity index (χ4v) is 3.13. The molecule has 0 saturated heterocycles. The summed E-state index contributed by atoms with van der Waals surface area (Å²) >= 11 is 0. The van der Waals surface area contributed by atoms with E-state index in [4.69, 9.17) is 4.74 Å². The van der Waals surface area contributed by atoms with Crippen LogP contribution in [0.1, 0.15) is 42.5 Å². The Bertz CT molecular complexity index is 630. The summed E-state index contributed by atoms with van der Waals surface area (Å²) in [5, 5.41) is 1.00. The molecule has 0 spiro atoms. The first-order chi connectivity index (χ1) is 9.75.